The Hall–Kier alpha value is -1.65. The van der Waals surface area contributed by atoms with Gasteiger partial charge >= 0.3 is 0 Å². The van der Waals surface area contributed by atoms with Gasteiger partial charge in [0.25, 0.3) is 0 Å². The Kier molecular flexibility index (Phi) is 53.3. The highest BCUT2D eigenvalue weighted by Gasteiger charge is 2.20. The van der Waals surface area contributed by atoms with Gasteiger partial charge in [-0.3, -0.25) is 4.79 Å². The van der Waals surface area contributed by atoms with Crippen molar-refractivity contribution in [2.75, 3.05) is 6.61 Å². The van der Waals surface area contributed by atoms with Gasteiger partial charge in [-0.25, -0.2) is 0 Å². The number of aliphatic hydroxyl groups excluding tert-OH is 2. The van der Waals surface area contributed by atoms with Gasteiger partial charge in [-0.2, -0.15) is 0 Å². The molecular formula is C59H111NO3. The fraction of sp³-hybridized carbons (Fsp3) is 0.847. The Morgan fingerprint density at radius 3 is 1.05 bits per heavy atom. The molecule has 0 aromatic carbocycles. The van der Waals surface area contributed by atoms with Crippen LogP contribution >= 0.6 is 0 Å². The summed E-state index contributed by atoms with van der Waals surface area (Å²) < 4.78 is 0. The summed E-state index contributed by atoms with van der Waals surface area (Å²) in [5.41, 5.74) is 0. The van der Waals surface area contributed by atoms with Gasteiger partial charge in [0.15, 0.2) is 0 Å². The van der Waals surface area contributed by atoms with Crippen LogP contribution < -0.4 is 5.32 Å². The average molecular weight is 883 g/mol. The minimum Gasteiger partial charge on any atom is -0.394 e. The van der Waals surface area contributed by atoms with Crippen LogP contribution in [-0.2, 0) is 4.79 Å². The Labute approximate surface area is 394 Å². The largest absolute Gasteiger partial charge is 0.394 e. The molecule has 0 bridgehead atoms. The molecule has 0 aromatic rings. The molecule has 0 aliphatic carbocycles. The molecule has 3 N–H and O–H groups in total. The molecule has 4 heteroatoms. The fourth-order valence-corrected chi connectivity index (χ4v) is 8.83. The summed E-state index contributed by atoms with van der Waals surface area (Å²) in [6.45, 7) is 4.24. The molecule has 2 atom stereocenters. The summed E-state index contributed by atoms with van der Waals surface area (Å²) in [5, 5.41) is 23.1. The number of allylic oxidation sites excluding steroid dienone is 8. The maximum Gasteiger partial charge on any atom is 0.220 e. The molecule has 63 heavy (non-hydrogen) atoms. The lowest BCUT2D eigenvalue weighted by atomic mass is 10.0. The standard InChI is InChI=1S/C59H111NO3/c1-3-5-7-9-11-13-15-16-17-18-19-20-21-22-23-24-25-26-27-28-29-30-31-32-33-34-35-36-37-38-39-40-41-42-43-44-45-47-49-51-53-55-59(63)60-57(56-61)58(62)54-52-50-48-46-14-12-10-8-6-4-2/h5,7,11,13,16-17,19-20,57-58,61-62H,3-4,6,8-10,12,14-15,18,21-56H2,1-2H3,(H,60,63)/b7-5-,13-11-,17-16-,20-19-. The molecule has 0 heterocycles. The Morgan fingerprint density at radius 2 is 0.698 bits per heavy atom. The predicted octanol–water partition coefficient (Wildman–Crippen LogP) is 18.6. The fourth-order valence-electron chi connectivity index (χ4n) is 8.83. The molecule has 0 aromatic heterocycles. The van der Waals surface area contributed by atoms with Crippen molar-refractivity contribution >= 4 is 5.91 Å². The van der Waals surface area contributed by atoms with E-state index in [-0.39, 0.29) is 12.5 Å². The van der Waals surface area contributed by atoms with E-state index in [1.54, 1.807) is 0 Å². The van der Waals surface area contributed by atoms with Crippen LogP contribution in [0.4, 0.5) is 0 Å². The summed E-state index contributed by atoms with van der Waals surface area (Å²) in [6.07, 6.45) is 75.6. The van der Waals surface area contributed by atoms with E-state index in [2.05, 4.69) is 67.8 Å². The van der Waals surface area contributed by atoms with E-state index in [4.69, 9.17) is 0 Å². The monoisotopic (exact) mass is 882 g/mol. The lowest BCUT2D eigenvalue weighted by molar-refractivity contribution is -0.123. The zero-order chi connectivity index (χ0) is 45.6. The van der Waals surface area contributed by atoms with Crippen molar-refractivity contribution in [3.8, 4) is 0 Å². The van der Waals surface area contributed by atoms with Crippen molar-refractivity contribution in [2.24, 2.45) is 0 Å². The van der Waals surface area contributed by atoms with E-state index in [1.807, 2.05) is 0 Å². The van der Waals surface area contributed by atoms with E-state index in [9.17, 15) is 15.0 Å². The Morgan fingerprint density at radius 1 is 0.397 bits per heavy atom. The van der Waals surface area contributed by atoms with Crippen LogP contribution in [0.2, 0.25) is 0 Å². The van der Waals surface area contributed by atoms with Crippen molar-refractivity contribution in [3.63, 3.8) is 0 Å². The van der Waals surface area contributed by atoms with E-state index in [0.717, 1.165) is 51.4 Å². The number of unbranched alkanes of at least 4 members (excludes halogenated alkanes) is 37. The predicted molar refractivity (Wildman–Crippen MR) is 281 cm³/mol. The third kappa shape index (κ3) is 51.2. The lowest BCUT2D eigenvalue weighted by Gasteiger charge is -2.22. The maximum absolute atomic E-state index is 12.4. The quantitative estimate of drug-likeness (QED) is 0.0421. The van der Waals surface area contributed by atoms with Gasteiger partial charge in [0, 0.05) is 6.42 Å². The second-order valence-electron chi connectivity index (χ2n) is 19.3. The summed E-state index contributed by atoms with van der Waals surface area (Å²) in [5.74, 6) is -0.0281. The molecule has 4 nitrogen and oxygen atoms in total. The Bertz CT molecular complexity index is 1000. The van der Waals surface area contributed by atoms with Crippen LogP contribution in [0.3, 0.4) is 0 Å². The first kappa shape index (κ1) is 61.4. The van der Waals surface area contributed by atoms with Gasteiger partial charge in [0.1, 0.15) is 0 Å². The topological polar surface area (TPSA) is 69.6 Å². The molecule has 0 aliphatic rings. The number of amides is 1. The van der Waals surface area contributed by atoms with Crippen molar-refractivity contribution in [1.82, 2.24) is 5.32 Å². The molecule has 0 saturated heterocycles. The molecule has 0 saturated carbocycles. The van der Waals surface area contributed by atoms with Crippen LogP contribution in [0, 0.1) is 0 Å². The van der Waals surface area contributed by atoms with Gasteiger partial charge in [0.05, 0.1) is 18.8 Å². The first-order valence-electron chi connectivity index (χ1n) is 28.3. The highest BCUT2D eigenvalue weighted by Crippen LogP contribution is 2.18. The number of hydrogen-bond acceptors (Lipinski definition) is 3. The summed E-state index contributed by atoms with van der Waals surface area (Å²) in [6, 6.07) is -0.532. The molecule has 0 spiro atoms. The first-order valence-corrected chi connectivity index (χ1v) is 28.3. The number of carbonyl (C=O) groups is 1. The number of aliphatic hydroxyl groups is 2. The number of rotatable bonds is 52. The molecule has 0 fully saturated rings. The first-order chi connectivity index (χ1) is 31.2. The molecule has 1 amide bonds. The molecule has 0 rings (SSSR count). The molecule has 0 aliphatic heterocycles. The normalized spacial score (nSPS) is 13.1. The van der Waals surface area contributed by atoms with Crippen molar-refractivity contribution in [2.45, 2.75) is 315 Å². The van der Waals surface area contributed by atoms with Gasteiger partial charge < -0.3 is 15.5 Å². The molecule has 370 valence electrons. The van der Waals surface area contributed by atoms with Gasteiger partial charge in [-0.05, 0) is 51.4 Å². The second kappa shape index (κ2) is 54.7. The SMILES string of the molecule is CC/C=C\C/C=C\C/C=C\C/C=C\CCCCCCCCCCCCCCCCCCCCCCCCCCCCCCC(=O)NC(CO)C(O)CCCCCCCCCCCC. The zero-order valence-corrected chi connectivity index (χ0v) is 42.6. The summed E-state index contributed by atoms with van der Waals surface area (Å²) in [7, 11) is 0. The number of carbonyl (C=O) groups excluding carboxylic acids is 1. The average Bonchev–Trinajstić information content (AvgIpc) is 3.29. The summed E-state index contributed by atoms with van der Waals surface area (Å²) in [4.78, 5) is 12.4. The minimum atomic E-state index is -0.655. The number of nitrogens with one attached hydrogen (secondary N) is 1. The third-order valence-corrected chi connectivity index (χ3v) is 13.1. The van der Waals surface area contributed by atoms with Gasteiger partial charge in [-0.1, -0.05) is 294 Å². The van der Waals surface area contributed by atoms with Crippen LogP contribution in [0.5, 0.6) is 0 Å². The van der Waals surface area contributed by atoms with Gasteiger partial charge in [-0.15, -0.1) is 0 Å². The van der Waals surface area contributed by atoms with Crippen LogP contribution in [0.1, 0.15) is 303 Å². The Balaban J connectivity index is 3.33. The molecule has 2 unspecified atom stereocenters. The highest BCUT2D eigenvalue weighted by atomic mass is 16.3. The van der Waals surface area contributed by atoms with Crippen molar-refractivity contribution in [1.29, 1.82) is 0 Å². The highest BCUT2D eigenvalue weighted by molar-refractivity contribution is 5.76. The summed E-state index contributed by atoms with van der Waals surface area (Å²) >= 11 is 0. The zero-order valence-electron chi connectivity index (χ0n) is 42.6. The van der Waals surface area contributed by atoms with Crippen molar-refractivity contribution in [3.05, 3.63) is 48.6 Å². The number of hydrogen-bond donors (Lipinski definition) is 3. The molecular weight excluding hydrogens is 771 g/mol. The van der Waals surface area contributed by atoms with E-state index in [0.29, 0.717) is 12.8 Å². The maximum atomic E-state index is 12.4. The second-order valence-corrected chi connectivity index (χ2v) is 19.3. The third-order valence-electron chi connectivity index (χ3n) is 13.1. The van der Waals surface area contributed by atoms with Gasteiger partial charge in [0.2, 0.25) is 5.91 Å². The van der Waals surface area contributed by atoms with E-state index in [1.165, 1.54) is 225 Å². The van der Waals surface area contributed by atoms with E-state index < -0.39 is 12.1 Å². The van der Waals surface area contributed by atoms with Crippen LogP contribution in [0.15, 0.2) is 48.6 Å². The minimum absolute atomic E-state index is 0.0281. The van der Waals surface area contributed by atoms with Crippen molar-refractivity contribution < 1.29 is 15.0 Å². The smallest absolute Gasteiger partial charge is 0.220 e. The molecule has 0 radical (unpaired) electrons. The lowest BCUT2D eigenvalue weighted by Crippen LogP contribution is -2.45. The van der Waals surface area contributed by atoms with Crippen LogP contribution in [0.25, 0.3) is 0 Å². The van der Waals surface area contributed by atoms with E-state index >= 15 is 0 Å². The van der Waals surface area contributed by atoms with Crippen LogP contribution in [-0.4, -0.2) is 34.9 Å².